The quantitative estimate of drug-likeness (QED) is 0.800. The number of hydrogen-bond acceptors (Lipinski definition) is 4. The fraction of sp³-hybridized carbons (Fsp3) is 0.588. The summed E-state index contributed by atoms with van der Waals surface area (Å²) in [5.74, 6) is 0.966. The largest absolute Gasteiger partial charge is 0.488 e. The predicted molar refractivity (Wildman–Crippen MR) is 80.5 cm³/mol. The van der Waals surface area contributed by atoms with Crippen LogP contribution in [0, 0.1) is 12.8 Å². The molecule has 0 saturated carbocycles. The molecule has 2 heterocycles. The molecule has 0 radical (unpaired) electrons. The molecule has 4 heteroatoms. The number of ether oxygens (including phenoxy) is 2. The Morgan fingerprint density at radius 1 is 1.48 bits per heavy atom. The van der Waals surface area contributed by atoms with Gasteiger partial charge in [0.2, 0.25) is 0 Å². The number of nitrogens with zero attached hydrogens (tertiary/aromatic N) is 1. The Morgan fingerprint density at radius 2 is 2.33 bits per heavy atom. The number of esters is 1. The lowest BCUT2D eigenvalue weighted by molar-refractivity contribution is -0.147. The van der Waals surface area contributed by atoms with Gasteiger partial charge in [-0.1, -0.05) is 17.7 Å². The lowest BCUT2D eigenvalue weighted by Gasteiger charge is -2.32. The van der Waals surface area contributed by atoms with Crippen molar-refractivity contribution in [3.63, 3.8) is 0 Å². The Kier molecular flexibility index (Phi) is 4.15. The summed E-state index contributed by atoms with van der Waals surface area (Å²) >= 11 is 0. The van der Waals surface area contributed by atoms with Crippen LogP contribution in [0.25, 0.3) is 0 Å². The lowest BCUT2D eigenvalue weighted by Crippen LogP contribution is -2.43. The zero-order chi connectivity index (χ0) is 14.8. The van der Waals surface area contributed by atoms with Gasteiger partial charge in [0.1, 0.15) is 11.9 Å². The van der Waals surface area contributed by atoms with Gasteiger partial charge in [0, 0.05) is 19.5 Å². The van der Waals surface area contributed by atoms with Crippen molar-refractivity contribution >= 4 is 5.97 Å². The molecule has 1 saturated heterocycles. The summed E-state index contributed by atoms with van der Waals surface area (Å²) in [4.78, 5) is 14.0. The third-order valence-corrected chi connectivity index (χ3v) is 4.46. The van der Waals surface area contributed by atoms with Crippen LogP contribution in [0.1, 0.15) is 24.0 Å². The van der Waals surface area contributed by atoms with Gasteiger partial charge >= 0.3 is 5.97 Å². The molecule has 0 aromatic heterocycles. The zero-order valence-electron chi connectivity index (χ0n) is 12.8. The van der Waals surface area contributed by atoms with Crippen LogP contribution in [-0.2, 0) is 16.0 Å². The van der Waals surface area contributed by atoms with Gasteiger partial charge in [0.25, 0.3) is 0 Å². The highest BCUT2D eigenvalue weighted by Gasteiger charge is 2.30. The van der Waals surface area contributed by atoms with Crippen molar-refractivity contribution in [1.29, 1.82) is 0 Å². The van der Waals surface area contributed by atoms with E-state index in [1.54, 1.807) is 0 Å². The van der Waals surface area contributed by atoms with Crippen LogP contribution in [0.4, 0.5) is 0 Å². The Morgan fingerprint density at radius 3 is 3.14 bits per heavy atom. The minimum atomic E-state index is -0.0778. The molecule has 0 bridgehead atoms. The highest BCUT2D eigenvalue weighted by molar-refractivity contribution is 5.72. The Bertz CT molecular complexity index is 529. The van der Waals surface area contributed by atoms with Crippen LogP contribution < -0.4 is 4.74 Å². The second kappa shape index (κ2) is 6.06. The summed E-state index contributed by atoms with van der Waals surface area (Å²) in [5.41, 5.74) is 2.59. The average Bonchev–Trinajstić information content (AvgIpc) is 2.88. The first-order valence-corrected chi connectivity index (χ1v) is 7.72. The van der Waals surface area contributed by atoms with E-state index in [9.17, 15) is 4.79 Å². The fourth-order valence-corrected chi connectivity index (χ4v) is 3.42. The molecule has 2 atom stereocenters. The maximum atomic E-state index is 11.7. The Balaban J connectivity index is 1.57. The molecule has 3 rings (SSSR count). The summed E-state index contributed by atoms with van der Waals surface area (Å²) < 4.78 is 10.9. The summed E-state index contributed by atoms with van der Waals surface area (Å²) in [6, 6.07) is 6.37. The van der Waals surface area contributed by atoms with E-state index in [1.807, 2.05) is 0 Å². The van der Waals surface area contributed by atoms with Gasteiger partial charge in [0.15, 0.2) is 0 Å². The standard InChI is InChI=1S/C17H23NO3/c1-12-5-6-16-14(8-12)9-15(21-16)11-18-7-3-4-13(10-18)17(19)20-2/h5-6,8,13,15H,3-4,7,9-11H2,1-2H3/t13-,15?/m0/s1. The summed E-state index contributed by atoms with van der Waals surface area (Å²) in [7, 11) is 1.47. The second-order valence-corrected chi connectivity index (χ2v) is 6.18. The maximum absolute atomic E-state index is 11.7. The van der Waals surface area contributed by atoms with Crippen LogP contribution in [0.2, 0.25) is 0 Å². The molecular weight excluding hydrogens is 266 g/mol. The van der Waals surface area contributed by atoms with Crippen molar-refractivity contribution in [3.8, 4) is 5.75 Å². The molecule has 1 aromatic carbocycles. The molecule has 21 heavy (non-hydrogen) atoms. The molecule has 0 N–H and O–H groups in total. The summed E-state index contributed by atoms with van der Waals surface area (Å²) in [6.07, 6.45) is 3.17. The second-order valence-electron chi connectivity index (χ2n) is 6.18. The number of likely N-dealkylation sites (tertiary alicyclic amines) is 1. The smallest absolute Gasteiger partial charge is 0.309 e. The Hall–Kier alpha value is -1.55. The van der Waals surface area contributed by atoms with Gasteiger partial charge in [-0.15, -0.1) is 0 Å². The molecule has 4 nitrogen and oxygen atoms in total. The normalized spacial score (nSPS) is 25.2. The number of carbonyl (C=O) groups excluding carboxylic acids is 1. The third kappa shape index (κ3) is 3.21. The van der Waals surface area contributed by atoms with Gasteiger partial charge in [0.05, 0.1) is 13.0 Å². The molecule has 0 amide bonds. The number of benzene rings is 1. The minimum Gasteiger partial charge on any atom is -0.488 e. The summed E-state index contributed by atoms with van der Waals surface area (Å²) in [5, 5.41) is 0. The molecule has 1 unspecified atom stereocenters. The maximum Gasteiger partial charge on any atom is 0.309 e. The topological polar surface area (TPSA) is 38.8 Å². The van der Waals surface area contributed by atoms with E-state index < -0.39 is 0 Å². The lowest BCUT2D eigenvalue weighted by atomic mass is 9.97. The number of piperidine rings is 1. The van der Waals surface area contributed by atoms with Crippen LogP contribution in [0.5, 0.6) is 5.75 Å². The van der Waals surface area contributed by atoms with E-state index in [1.165, 1.54) is 18.2 Å². The molecule has 1 aromatic rings. The third-order valence-electron chi connectivity index (χ3n) is 4.46. The number of rotatable bonds is 3. The first-order valence-electron chi connectivity index (χ1n) is 7.72. The van der Waals surface area contributed by atoms with E-state index >= 15 is 0 Å². The minimum absolute atomic E-state index is 0.0229. The summed E-state index contributed by atoms with van der Waals surface area (Å²) in [6.45, 7) is 4.84. The average molecular weight is 289 g/mol. The van der Waals surface area contributed by atoms with E-state index in [4.69, 9.17) is 9.47 Å². The van der Waals surface area contributed by atoms with Gasteiger partial charge in [-0.3, -0.25) is 9.69 Å². The van der Waals surface area contributed by atoms with Gasteiger partial charge in [-0.2, -0.15) is 0 Å². The number of hydrogen-bond donors (Lipinski definition) is 0. The molecule has 114 valence electrons. The van der Waals surface area contributed by atoms with E-state index in [0.717, 1.165) is 44.6 Å². The van der Waals surface area contributed by atoms with Crippen LogP contribution >= 0.6 is 0 Å². The van der Waals surface area contributed by atoms with Crippen molar-refractivity contribution in [2.24, 2.45) is 5.92 Å². The first kappa shape index (κ1) is 14.4. The highest BCUT2D eigenvalue weighted by Crippen LogP contribution is 2.30. The van der Waals surface area contributed by atoms with Crippen molar-refractivity contribution in [3.05, 3.63) is 29.3 Å². The predicted octanol–water partition coefficient (Wildman–Crippen LogP) is 2.18. The van der Waals surface area contributed by atoms with Gasteiger partial charge in [-0.25, -0.2) is 0 Å². The van der Waals surface area contributed by atoms with E-state index in [0.29, 0.717) is 0 Å². The monoisotopic (exact) mass is 289 g/mol. The molecule has 0 spiro atoms. The van der Waals surface area contributed by atoms with Crippen molar-refractivity contribution in [1.82, 2.24) is 4.90 Å². The van der Waals surface area contributed by atoms with Crippen LogP contribution in [0.15, 0.2) is 18.2 Å². The number of carbonyl (C=O) groups is 1. The molecule has 0 aliphatic carbocycles. The van der Waals surface area contributed by atoms with Gasteiger partial charge in [-0.05, 0) is 37.9 Å². The molecular formula is C17H23NO3. The highest BCUT2D eigenvalue weighted by atomic mass is 16.5. The SMILES string of the molecule is COC(=O)[C@H]1CCCN(CC2Cc3cc(C)ccc3O2)C1. The zero-order valence-corrected chi connectivity index (χ0v) is 12.8. The van der Waals surface area contributed by atoms with E-state index in [2.05, 4.69) is 30.0 Å². The number of fused-ring (bicyclic) bond motifs is 1. The van der Waals surface area contributed by atoms with Crippen LogP contribution in [0.3, 0.4) is 0 Å². The number of aryl methyl sites for hydroxylation is 1. The van der Waals surface area contributed by atoms with Gasteiger partial charge < -0.3 is 9.47 Å². The number of methoxy groups -OCH3 is 1. The first-order chi connectivity index (χ1) is 10.2. The Labute approximate surface area is 126 Å². The molecule has 2 aliphatic heterocycles. The van der Waals surface area contributed by atoms with Crippen molar-refractivity contribution < 1.29 is 14.3 Å². The van der Waals surface area contributed by atoms with Crippen molar-refractivity contribution in [2.45, 2.75) is 32.3 Å². The molecule has 1 fully saturated rings. The fourth-order valence-electron chi connectivity index (χ4n) is 3.42. The van der Waals surface area contributed by atoms with E-state index in [-0.39, 0.29) is 18.0 Å². The van der Waals surface area contributed by atoms with Crippen molar-refractivity contribution in [2.75, 3.05) is 26.7 Å². The van der Waals surface area contributed by atoms with Crippen LogP contribution in [-0.4, -0.2) is 43.7 Å². The molecule has 2 aliphatic rings.